The third-order valence-electron chi connectivity index (χ3n) is 1.90. The predicted molar refractivity (Wildman–Crippen MR) is 60.4 cm³/mol. The fourth-order valence-electron chi connectivity index (χ4n) is 0.941. The van der Waals surface area contributed by atoms with Crippen LogP contribution in [0.2, 0.25) is 0 Å². The van der Waals surface area contributed by atoms with Crippen molar-refractivity contribution in [3.63, 3.8) is 0 Å². The van der Waals surface area contributed by atoms with E-state index in [0.29, 0.717) is 0 Å². The first kappa shape index (κ1) is 17.7. The first-order valence-electron chi connectivity index (χ1n) is 5.08. The number of halogens is 2. The third-order valence-corrected chi connectivity index (χ3v) is 4.42. The van der Waals surface area contributed by atoms with Gasteiger partial charge < -0.3 is 0 Å². The predicted octanol–water partition coefficient (Wildman–Crippen LogP) is 0.744. The monoisotopic (exact) mass is 310 g/mol. The molecule has 0 bridgehead atoms. The Morgan fingerprint density at radius 1 is 0.944 bits per heavy atom. The van der Waals surface area contributed by atoms with E-state index in [1.807, 2.05) is 0 Å². The first-order chi connectivity index (χ1) is 8.10. The summed E-state index contributed by atoms with van der Waals surface area (Å²) in [7, 11) is -8.49. The summed E-state index contributed by atoms with van der Waals surface area (Å²) in [6.07, 6.45) is -0.135. The number of alkyl halides is 2. The van der Waals surface area contributed by atoms with Gasteiger partial charge in [-0.1, -0.05) is 6.92 Å². The Bertz CT molecular complexity index is 406. The van der Waals surface area contributed by atoms with Crippen molar-refractivity contribution in [1.82, 2.24) is 0 Å². The van der Waals surface area contributed by atoms with Crippen molar-refractivity contribution >= 4 is 20.2 Å². The van der Waals surface area contributed by atoms with Gasteiger partial charge in [0.25, 0.3) is 20.2 Å². The number of hydrogen-bond donors (Lipinski definition) is 0. The highest BCUT2D eigenvalue weighted by Crippen LogP contribution is 2.23. The molecule has 0 saturated heterocycles. The maximum atomic E-state index is 12.0. The summed E-state index contributed by atoms with van der Waals surface area (Å²) in [6, 6.07) is 0. The minimum absolute atomic E-state index is 0.135. The second-order valence-corrected chi connectivity index (χ2v) is 6.94. The van der Waals surface area contributed by atoms with E-state index >= 15 is 0 Å². The lowest BCUT2D eigenvalue weighted by Gasteiger charge is -2.26. The van der Waals surface area contributed by atoms with Crippen LogP contribution in [0.15, 0.2) is 0 Å². The van der Waals surface area contributed by atoms with Crippen molar-refractivity contribution < 1.29 is 34.0 Å². The van der Waals surface area contributed by atoms with Gasteiger partial charge in [-0.15, -0.1) is 0 Å². The Labute approximate surface area is 106 Å². The Balaban J connectivity index is 4.94. The minimum atomic E-state index is -4.25. The summed E-state index contributed by atoms with van der Waals surface area (Å²) in [5.74, 6) is -3.81. The molecule has 0 amide bonds. The van der Waals surface area contributed by atoms with Gasteiger partial charge in [-0.05, 0) is 6.92 Å². The van der Waals surface area contributed by atoms with Gasteiger partial charge >= 0.3 is 0 Å². The summed E-state index contributed by atoms with van der Waals surface area (Å²) in [6.45, 7) is 0.146. The zero-order valence-corrected chi connectivity index (χ0v) is 11.7. The lowest BCUT2D eigenvalue weighted by molar-refractivity contribution is -0.0903. The third kappa shape index (κ3) is 6.57. The molecule has 0 aromatic heterocycles. The van der Waals surface area contributed by atoms with Gasteiger partial charge in [0.2, 0.25) is 5.79 Å². The summed E-state index contributed by atoms with van der Waals surface area (Å²) < 4.78 is 77.9. The molecule has 0 aliphatic carbocycles. The Morgan fingerprint density at radius 2 is 1.28 bits per heavy atom. The van der Waals surface area contributed by atoms with Crippen LogP contribution in [0.4, 0.5) is 8.78 Å². The molecule has 0 rings (SSSR count). The van der Waals surface area contributed by atoms with Crippen LogP contribution >= 0.6 is 0 Å². The topological polar surface area (TPSA) is 86.7 Å². The normalized spacial score (nSPS) is 13.8. The van der Waals surface area contributed by atoms with Crippen molar-refractivity contribution in [2.75, 3.05) is 24.9 Å². The van der Waals surface area contributed by atoms with Crippen LogP contribution in [0.1, 0.15) is 20.3 Å². The van der Waals surface area contributed by atoms with E-state index in [1.165, 1.54) is 6.92 Å². The van der Waals surface area contributed by atoms with Crippen LogP contribution < -0.4 is 0 Å². The van der Waals surface area contributed by atoms with E-state index in [2.05, 4.69) is 8.37 Å². The molecule has 0 heterocycles. The molecule has 110 valence electrons. The molecule has 18 heavy (non-hydrogen) atoms. The second-order valence-electron chi connectivity index (χ2n) is 3.56. The molecule has 0 N–H and O–H groups in total. The fraction of sp³-hybridized carbons (Fsp3) is 1.00. The molecule has 0 radical (unpaired) electrons. The Kier molecular flexibility index (Phi) is 6.61. The van der Waals surface area contributed by atoms with Gasteiger partial charge in [0.05, 0.1) is 0 Å². The quantitative estimate of drug-likeness (QED) is 0.461. The zero-order chi connectivity index (χ0) is 14.4. The van der Waals surface area contributed by atoms with Gasteiger partial charge in [0.15, 0.2) is 0 Å². The fourth-order valence-corrected chi connectivity index (χ4v) is 2.91. The average molecular weight is 310 g/mol. The molecule has 0 aliphatic heterocycles. The number of hydrogen-bond acceptors (Lipinski definition) is 6. The zero-order valence-electron chi connectivity index (χ0n) is 10.1. The lowest BCUT2D eigenvalue weighted by Crippen LogP contribution is -2.38. The van der Waals surface area contributed by atoms with E-state index < -0.39 is 50.9 Å². The summed E-state index contributed by atoms with van der Waals surface area (Å²) >= 11 is 0. The Morgan fingerprint density at radius 3 is 1.50 bits per heavy atom. The average Bonchev–Trinajstić information content (AvgIpc) is 2.14. The highest BCUT2D eigenvalue weighted by molar-refractivity contribution is 7.87. The van der Waals surface area contributed by atoms with Crippen molar-refractivity contribution in [1.29, 1.82) is 0 Å². The van der Waals surface area contributed by atoms with Gasteiger partial charge in [-0.3, -0.25) is 0 Å². The van der Waals surface area contributed by atoms with Crippen molar-refractivity contribution in [3.8, 4) is 0 Å². The van der Waals surface area contributed by atoms with Gasteiger partial charge in [-0.25, -0.2) is 17.1 Å². The van der Waals surface area contributed by atoms with Crippen LogP contribution in [0.5, 0.6) is 0 Å². The molecule has 0 aliphatic rings. The maximum absolute atomic E-state index is 12.0. The van der Waals surface area contributed by atoms with Crippen molar-refractivity contribution in [2.45, 2.75) is 26.1 Å². The molecule has 0 aromatic carbocycles. The molecular formula is C8H16F2O6S2. The summed E-state index contributed by atoms with van der Waals surface area (Å²) in [5, 5.41) is 0. The van der Waals surface area contributed by atoms with Crippen LogP contribution in [-0.4, -0.2) is 47.5 Å². The largest absolute Gasteiger partial charge is 0.272 e. The van der Waals surface area contributed by atoms with Crippen LogP contribution in [-0.2, 0) is 28.6 Å². The maximum Gasteiger partial charge on any atom is 0.272 e. The van der Waals surface area contributed by atoms with Crippen LogP contribution in [0.25, 0.3) is 0 Å². The molecule has 10 heteroatoms. The summed E-state index contributed by atoms with van der Waals surface area (Å²) in [4.78, 5) is 0. The molecule has 0 fully saturated rings. The van der Waals surface area contributed by atoms with E-state index in [0.717, 1.165) is 6.92 Å². The Hall–Kier alpha value is -0.320. The van der Waals surface area contributed by atoms with Gasteiger partial charge in [0.1, 0.15) is 24.9 Å². The molecular weight excluding hydrogens is 294 g/mol. The van der Waals surface area contributed by atoms with E-state index in [4.69, 9.17) is 0 Å². The van der Waals surface area contributed by atoms with Crippen LogP contribution in [0.3, 0.4) is 0 Å². The van der Waals surface area contributed by atoms with E-state index in [9.17, 15) is 25.6 Å². The molecule has 0 aromatic rings. The first-order valence-corrected chi connectivity index (χ1v) is 8.24. The second kappa shape index (κ2) is 6.73. The van der Waals surface area contributed by atoms with Crippen LogP contribution in [0, 0.1) is 0 Å². The van der Waals surface area contributed by atoms with Crippen molar-refractivity contribution in [3.05, 3.63) is 0 Å². The molecule has 6 nitrogen and oxygen atoms in total. The highest BCUT2D eigenvalue weighted by Gasteiger charge is 2.35. The van der Waals surface area contributed by atoms with E-state index in [-0.39, 0.29) is 6.42 Å². The van der Waals surface area contributed by atoms with E-state index in [1.54, 1.807) is 0 Å². The highest BCUT2D eigenvalue weighted by atomic mass is 32.2. The standard InChI is InChI=1S/C8H16F2O6S2/c1-3-8(2,15-17(11,12)6-4-9)16-18(13,14)7-5-10/h3-7H2,1-2H3. The SMILES string of the molecule is CCC(C)(OS(=O)(=O)CCF)OS(=O)(=O)CCF. The number of rotatable bonds is 9. The van der Waals surface area contributed by atoms with Gasteiger partial charge in [0, 0.05) is 6.42 Å². The summed E-state index contributed by atoms with van der Waals surface area (Å²) in [5.41, 5.74) is 0. The molecule has 0 saturated carbocycles. The van der Waals surface area contributed by atoms with Crippen molar-refractivity contribution in [2.24, 2.45) is 0 Å². The lowest BCUT2D eigenvalue weighted by atomic mass is 10.3. The molecule has 0 spiro atoms. The molecule has 0 atom stereocenters. The smallest absolute Gasteiger partial charge is 0.250 e. The molecule has 0 unspecified atom stereocenters. The van der Waals surface area contributed by atoms with Gasteiger partial charge in [-0.2, -0.15) is 16.8 Å². The minimum Gasteiger partial charge on any atom is -0.250 e.